The molecule has 1 aromatic carbocycles. The largest absolute Gasteiger partial charge is 0.479 e. The van der Waals surface area contributed by atoms with Crippen LogP contribution in [0.3, 0.4) is 0 Å². The average Bonchev–Trinajstić information content (AvgIpc) is 2.63. The second kappa shape index (κ2) is 8.80. The molecule has 1 N–H and O–H groups in total. The molecule has 0 radical (unpaired) electrons. The van der Waals surface area contributed by atoms with Crippen LogP contribution in [0.25, 0.3) is 0 Å². The monoisotopic (exact) mass is 362 g/mol. The fourth-order valence-electron chi connectivity index (χ4n) is 2.93. The van der Waals surface area contributed by atoms with Crippen molar-refractivity contribution in [1.82, 2.24) is 4.90 Å². The van der Waals surface area contributed by atoms with E-state index in [-0.39, 0.29) is 37.3 Å². The molecule has 0 saturated heterocycles. The summed E-state index contributed by atoms with van der Waals surface area (Å²) in [6, 6.07) is 4.97. The topological polar surface area (TPSA) is 87.2 Å². The molecular weight excluding hydrogens is 336 g/mol. The molecule has 2 amide bonds. The third-order valence-electron chi connectivity index (χ3n) is 4.36. The third kappa shape index (κ3) is 4.22. The van der Waals surface area contributed by atoms with Crippen molar-refractivity contribution in [2.24, 2.45) is 0 Å². The smallest absolute Gasteiger partial charge is 0.268 e. The Morgan fingerprint density at radius 2 is 2.04 bits per heavy atom. The lowest BCUT2D eigenvalue weighted by Crippen LogP contribution is -2.50. The van der Waals surface area contributed by atoms with Gasteiger partial charge in [-0.1, -0.05) is 6.92 Å². The first-order valence-corrected chi connectivity index (χ1v) is 8.96. The highest BCUT2D eigenvalue weighted by Gasteiger charge is 2.34. The molecule has 1 unspecified atom stereocenters. The number of aliphatic hydroxyl groups is 1. The standard InChI is InChI=1S/C19H26N2O5/c1-4-6-16(23)14-7-8-17-15(11-14)21(19(25)13(3)26-17)12-18(24)20(5-2)9-10-22/h7-8,11,13,22H,4-6,9-10,12H2,1-3H3. The van der Waals surface area contributed by atoms with Gasteiger partial charge in [0.15, 0.2) is 11.9 Å². The fraction of sp³-hybridized carbons (Fsp3) is 0.526. The van der Waals surface area contributed by atoms with Gasteiger partial charge in [0, 0.05) is 25.1 Å². The maximum absolute atomic E-state index is 12.6. The summed E-state index contributed by atoms with van der Waals surface area (Å²) in [7, 11) is 0. The van der Waals surface area contributed by atoms with E-state index < -0.39 is 6.10 Å². The first-order valence-electron chi connectivity index (χ1n) is 8.96. The summed E-state index contributed by atoms with van der Waals surface area (Å²) in [6.07, 6.45) is 0.445. The Hall–Kier alpha value is -2.41. The number of fused-ring (bicyclic) bond motifs is 1. The van der Waals surface area contributed by atoms with Crippen molar-refractivity contribution in [3.05, 3.63) is 23.8 Å². The lowest BCUT2D eigenvalue weighted by Gasteiger charge is -2.34. The van der Waals surface area contributed by atoms with Gasteiger partial charge in [-0.2, -0.15) is 0 Å². The highest BCUT2D eigenvalue weighted by atomic mass is 16.5. The number of benzene rings is 1. The van der Waals surface area contributed by atoms with E-state index in [1.165, 1.54) is 9.80 Å². The Bertz CT molecular complexity index is 689. The molecule has 1 heterocycles. The first-order chi connectivity index (χ1) is 12.4. The Kier molecular flexibility index (Phi) is 6.74. The summed E-state index contributed by atoms with van der Waals surface area (Å²) >= 11 is 0. The number of ether oxygens (including phenoxy) is 1. The third-order valence-corrected chi connectivity index (χ3v) is 4.36. The maximum atomic E-state index is 12.6. The van der Waals surface area contributed by atoms with Crippen LogP contribution in [0.2, 0.25) is 0 Å². The molecule has 1 aromatic rings. The summed E-state index contributed by atoms with van der Waals surface area (Å²) in [5, 5.41) is 9.09. The molecule has 0 saturated carbocycles. The van der Waals surface area contributed by atoms with Crippen molar-refractivity contribution in [1.29, 1.82) is 0 Å². The zero-order chi connectivity index (χ0) is 19.3. The minimum Gasteiger partial charge on any atom is -0.479 e. The van der Waals surface area contributed by atoms with Crippen LogP contribution in [-0.2, 0) is 9.59 Å². The highest BCUT2D eigenvalue weighted by Crippen LogP contribution is 2.35. The maximum Gasteiger partial charge on any atom is 0.268 e. The number of ketones is 1. The van der Waals surface area contributed by atoms with Gasteiger partial charge in [0.2, 0.25) is 5.91 Å². The van der Waals surface area contributed by atoms with E-state index >= 15 is 0 Å². The number of rotatable bonds is 8. The molecule has 0 fully saturated rings. The Morgan fingerprint density at radius 3 is 2.65 bits per heavy atom. The highest BCUT2D eigenvalue weighted by molar-refractivity contribution is 6.05. The number of hydrogen-bond acceptors (Lipinski definition) is 5. The summed E-state index contributed by atoms with van der Waals surface area (Å²) in [5.74, 6) is -0.127. The zero-order valence-electron chi connectivity index (χ0n) is 15.5. The number of carbonyl (C=O) groups is 3. The predicted molar refractivity (Wildman–Crippen MR) is 97.5 cm³/mol. The van der Waals surface area contributed by atoms with Gasteiger partial charge in [-0.15, -0.1) is 0 Å². The van der Waals surface area contributed by atoms with Crippen LogP contribution >= 0.6 is 0 Å². The van der Waals surface area contributed by atoms with Crippen molar-refractivity contribution < 1.29 is 24.2 Å². The minimum atomic E-state index is -0.708. The lowest BCUT2D eigenvalue weighted by molar-refractivity contribution is -0.133. The van der Waals surface area contributed by atoms with Crippen LogP contribution in [-0.4, -0.2) is 59.9 Å². The molecule has 7 nitrogen and oxygen atoms in total. The normalized spacial score (nSPS) is 16.1. The minimum absolute atomic E-state index is 0.0110. The molecule has 1 aliphatic heterocycles. The second-order valence-corrected chi connectivity index (χ2v) is 6.24. The van der Waals surface area contributed by atoms with Crippen molar-refractivity contribution in [3.8, 4) is 5.75 Å². The first kappa shape index (κ1) is 19.9. The molecule has 0 bridgehead atoms. The summed E-state index contributed by atoms with van der Waals surface area (Å²) in [5.41, 5.74) is 0.931. The summed E-state index contributed by atoms with van der Waals surface area (Å²) in [6.45, 7) is 5.73. The number of nitrogens with zero attached hydrogens (tertiary/aromatic N) is 2. The van der Waals surface area contributed by atoms with E-state index in [2.05, 4.69) is 0 Å². The predicted octanol–water partition coefficient (Wildman–Crippen LogP) is 1.62. The number of anilines is 1. The molecule has 7 heteroatoms. The van der Waals surface area contributed by atoms with Gasteiger partial charge in [-0.05, 0) is 38.5 Å². The van der Waals surface area contributed by atoms with E-state index in [9.17, 15) is 14.4 Å². The van der Waals surface area contributed by atoms with E-state index in [1.54, 1.807) is 25.1 Å². The SMILES string of the molecule is CCCC(=O)c1ccc2c(c1)N(CC(=O)N(CC)CCO)C(=O)C(C)O2. The zero-order valence-corrected chi connectivity index (χ0v) is 15.5. The summed E-state index contributed by atoms with van der Waals surface area (Å²) < 4.78 is 5.62. The van der Waals surface area contributed by atoms with Gasteiger partial charge in [-0.3, -0.25) is 19.3 Å². The van der Waals surface area contributed by atoms with E-state index in [0.29, 0.717) is 30.0 Å². The van der Waals surface area contributed by atoms with Crippen LogP contribution in [0.1, 0.15) is 44.0 Å². The van der Waals surface area contributed by atoms with Crippen LogP contribution in [0.4, 0.5) is 5.69 Å². The number of aliphatic hydroxyl groups excluding tert-OH is 1. The summed E-state index contributed by atoms with van der Waals surface area (Å²) in [4.78, 5) is 40.2. The van der Waals surface area contributed by atoms with Crippen molar-refractivity contribution in [2.75, 3.05) is 31.1 Å². The van der Waals surface area contributed by atoms with Gasteiger partial charge in [0.1, 0.15) is 12.3 Å². The Balaban J connectivity index is 2.34. The van der Waals surface area contributed by atoms with Crippen LogP contribution in [0, 0.1) is 0 Å². The quantitative estimate of drug-likeness (QED) is 0.710. The van der Waals surface area contributed by atoms with Crippen LogP contribution in [0.5, 0.6) is 5.75 Å². The molecular formula is C19H26N2O5. The van der Waals surface area contributed by atoms with Crippen LogP contribution < -0.4 is 9.64 Å². The van der Waals surface area contributed by atoms with Crippen molar-refractivity contribution in [3.63, 3.8) is 0 Å². The van der Waals surface area contributed by atoms with Crippen molar-refractivity contribution in [2.45, 2.75) is 39.7 Å². The molecule has 0 spiro atoms. The lowest BCUT2D eigenvalue weighted by atomic mass is 10.0. The molecule has 1 aliphatic rings. The fourth-order valence-corrected chi connectivity index (χ4v) is 2.93. The molecule has 0 aromatic heterocycles. The molecule has 1 atom stereocenters. The number of likely N-dealkylation sites (N-methyl/N-ethyl adjacent to an activating group) is 1. The number of carbonyl (C=O) groups excluding carboxylic acids is 3. The van der Waals surface area contributed by atoms with Crippen molar-refractivity contribution >= 4 is 23.3 Å². The van der Waals surface area contributed by atoms with Gasteiger partial charge in [0.05, 0.1) is 12.3 Å². The molecule has 2 rings (SSSR count). The average molecular weight is 362 g/mol. The van der Waals surface area contributed by atoms with Gasteiger partial charge < -0.3 is 14.7 Å². The van der Waals surface area contributed by atoms with E-state index in [0.717, 1.165) is 6.42 Å². The molecule has 26 heavy (non-hydrogen) atoms. The number of Topliss-reactive ketones (excluding diaryl/α,β-unsaturated/α-hetero) is 1. The van der Waals surface area contributed by atoms with Gasteiger partial charge in [-0.25, -0.2) is 0 Å². The van der Waals surface area contributed by atoms with Gasteiger partial charge in [0.25, 0.3) is 5.91 Å². The molecule has 0 aliphatic carbocycles. The van der Waals surface area contributed by atoms with E-state index in [4.69, 9.17) is 9.84 Å². The second-order valence-electron chi connectivity index (χ2n) is 6.24. The Morgan fingerprint density at radius 1 is 1.31 bits per heavy atom. The van der Waals surface area contributed by atoms with Crippen LogP contribution in [0.15, 0.2) is 18.2 Å². The number of amides is 2. The number of hydrogen-bond donors (Lipinski definition) is 1. The Labute approximate surface area is 153 Å². The molecule has 142 valence electrons. The van der Waals surface area contributed by atoms with E-state index in [1.807, 2.05) is 13.8 Å². The van der Waals surface area contributed by atoms with Gasteiger partial charge >= 0.3 is 0 Å².